The van der Waals surface area contributed by atoms with Gasteiger partial charge in [-0.1, -0.05) is 172 Å². The maximum absolute atomic E-state index is 2.47. The van der Waals surface area contributed by atoms with Crippen molar-refractivity contribution in [2.24, 2.45) is 0 Å². The first kappa shape index (κ1) is 34.8. The van der Waals surface area contributed by atoms with Crippen LogP contribution in [-0.2, 0) is 5.41 Å². The molecule has 0 radical (unpaired) electrons. The fourth-order valence-electron chi connectivity index (χ4n) is 9.48. The van der Waals surface area contributed by atoms with Crippen LogP contribution in [-0.4, -0.2) is 4.57 Å². The molecule has 0 atom stereocenters. The van der Waals surface area contributed by atoms with Gasteiger partial charge in [-0.15, -0.1) is 0 Å². The van der Waals surface area contributed by atoms with E-state index < -0.39 is 0 Å². The lowest BCUT2D eigenvalue weighted by Gasteiger charge is -2.30. The Bertz CT molecular complexity index is 3170. The fourth-order valence-corrected chi connectivity index (χ4v) is 9.48. The number of para-hydroxylation sites is 3. The second-order valence-corrected chi connectivity index (χ2v) is 16.2. The summed E-state index contributed by atoms with van der Waals surface area (Å²) in [5.41, 5.74) is 19.2. The van der Waals surface area contributed by atoms with Crippen molar-refractivity contribution < 1.29 is 0 Å². The molecule has 1 aliphatic carbocycles. The predicted molar refractivity (Wildman–Crippen MR) is 249 cm³/mol. The third-order valence-electron chi connectivity index (χ3n) is 12.4. The molecule has 11 rings (SSSR count). The molecule has 1 aromatic heterocycles. The van der Waals surface area contributed by atoms with E-state index >= 15 is 0 Å². The Morgan fingerprint density at radius 3 is 1.78 bits per heavy atom. The monoisotopic (exact) mass is 754 g/mol. The molecule has 10 aromatic rings. The average Bonchev–Trinajstić information content (AvgIpc) is 3.75. The van der Waals surface area contributed by atoms with Crippen molar-refractivity contribution in [2.75, 3.05) is 4.90 Å². The molecular weight excluding hydrogens is 713 g/mol. The van der Waals surface area contributed by atoms with E-state index in [0.29, 0.717) is 0 Å². The van der Waals surface area contributed by atoms with Gasteiger partial charge in [-0.25, -0.2) is 0 Å². The van der Waals surface area contributed by atoms with Crippen LogP contribution in [0.15, 0.2) is 218 Å². The molecule has 0 saturated carbocycles. The van der Waals surface area contributed by atoms with Crippen LogP contribution in [0.2, 0.25) is 0 Å². The highest BCUT2D eigenvalue weighted by Gasteiger charge is 2.36. The molecule has 280 valence electrons. The van der Waals surface area contributed by atoms with Crippen molar-refractivity contribution in [3.8, 4) is 50.2 Å². The van der Waals surface area contributed by atoms with E-state index in [2.05, 4.69) is 242 Å². The number of aromatic nitrogens is 1. The van der Waals surface area contributed by atoms with E-state index in [1.54, 1.807) is 0 Å². The lowest BCUT2D eigenvalue weighted by Crippen LogP contribution is -2.17. The van der Waals surface area contributed by atoms with Crippen molar-refractivity contribution in [1.29, 1.82) is 0 Å². The van der Waals surface area contributed by atoms with Crippen LogP contribution in [0.5, 0.6) is 0 Å². The van der Waals surface area contributed by atoms with Crippen LogP contribution in [0.3, 0.4) is 0 Å². The van der Waals surface area contributed by atoms with E-state index in [1.165, 1.54) is 66.3 Å². The van der Waals surface area contributed by atoms with Gasteiger partial charge in [0.05, 0.1) is 16.7 Å². The summed E-state index contributed by atoms with van der Waals surface area (Å²) < 4.78 is 2.40. The Kier molecular flexibility index (Phi) is 8.20. The highest BCUT2D eigenvalue weighted by Crippen LogP contribution is 2.51. The lowest BCUT2D eigenvalue weighted by atomic mass is 9.82. The summed E-state index contributed by atoms with van der Waals surface area (Å²) in [7, 11) is 0. The molecule has 0 unspecified atom stereocenters. The molecule has 2 nitrogen and oxygen atoms in total. The van der Waals surface area contributed by atoms with Crippen LogP contribution in [0, 0.1) is 0 Å². The zero-order valence-electron chi connectivity index (χ0n) is 33.2. The van der Waals surface area contributed by atoms with Gasteiger partial charge in [0.25, 0.3) is 0 Å². The molecule has 0 N–H and O–H groups in total. The Balaban J connectivity index is 1.15. The van der Waals surface area contributed by atoms with E-state index in [-0.39, 0.29) is 5.41 Å². The second kappa shape index (κ2) is 13.9. The number of fused-ring (bicyclic) bond motifs is 6. The maximum Gasteiger partial charge on any atom is 0.0547 e. The molecule has 0 saturated heterocycles. The third kappa shape index (κ3) is 5.79. The third-order valence-corrected chi connectivity index (χ3v) is 12.4. The van der Waals surface area contributed by atoms with Crippen molar-refractivity contribution in [3.63, 3.8) is 0 Å². The van der Waals surface area contributed by atoms with E-state index in [4.69, 9.17) is 0 Å². The Hall–Kier alpha value is -7.42. The molecule has 0 fully saturated rings. The number of nitrogens with zero attached hydrogens (tertiary/aromatic N) is 2. The van der Waals surface area contributed by atoms with Crippen LogP contribution >= 0.6 is 0 Å². The van der Waals surface area contributed by atoms with Gasteiger partial charge in [-0.2, -0.15) is 0 Å². The molecule has 1 aliphatic rings. The van der Waals surface area contributed by atoms with Crippen molar-refractivity contribution in [1.82, 2.24) is 4.57 Å². The lowest BCUT2D eigenvalue weighted by molar-refractivity contribution is 0.660. The molecule has 1 heterocycles. The average molecular weight is 755 g/mol. The molecule has 0 bridgehead atoms. The number of benzene rings is 9. The first-order chi connectivity index (χ1) is 29.0. The Morgan fingerprint density at radius 2 is 0.949 bits per heavy atom. The van der Waals surface area contributed by atoms with Gasteiger partial charge in [-0.3, -0.25) is 0 Å². The normalized spacial score (nSPS) is 12.7. The fraction of sp³-hybridized carbons (Fsp3) is 0.0526. The minimum Gasteiger partial charge on any atom is -0.310 e. The minimum atomic E-state index is -0.133. The summed E-state index contributed by atoms with van der Waals surface area (Å²) in [6.45, 7) is 4.72. The van der Waals surface area contributed by atoms with Gasteiger partial charge >= 0.3 is 0 Å². The largest absolute Gasteiger partial charge is 0.310 e. The highest BCUT2D eigenvalue weighted by molar-refractivity contribution is 6.10. The van der Waals surface area contributed by atoms with Crippen LogP contribution in [0.25, 0.3) is 72.0 Å². The summed E-state index contributed by atoms with van der Waals surface area (Å²) in [5, 5.41) is 2.50. The summed E-state index contributed by atoms with van der Waals surface area (Å²) in [4.78, 5) is 2.47. The predicted octanol–water partition coefficient (Wildman–Crippen LogP) is 15.6. The summed E-state index contributed by atoms with van der Waals surface area (Å²) in [6.07, 6.45) is 0. The summed E-state index contributed by atoms with van der Waals surface area (Å²) >= 11 is 0. The zero-order chi connectivity index (χ0) is 39.5. The molecule has 2 heteroatoms. The quantitative estimate of drug-likeness (QED) is 0.157. The van der Waals surface area contributed by atoms with E-state index in [1.807, 2.05) is 0 Å². The molecule has 9 aromatic carbocycles. The number of rotatable bonds is 7. The van der Waals surface area contributed by atoms with Gasteiger partial charge < -0.3 is 9.47 Å². The van der Waals surface area contributed by atoms with Gasteiger partial charge in [0, 0.05) is 38.8 Å². The van der Waals surface area contributed by atoms with Crippen molar-refractivity contribution in [2.45, 2.75) is 19.3 Å². The first-order valence-electron chi connectivity index (χ1n) is 20.5. The molecule has 0 spiro atoms. The van der Waals surface area contributed by atoms with Gasteiger partial charge in [0.2, 0.25) is 0 Å². The number of anilines is 3. The molecule has 0 aliphatic heterocycles. The molecule has 59 heavy (non-hydrogen) atoms. The topological polar surface area (TPSA) is 8.17 Å². The van der Waals surface area contributed by atoms with Gasteiger partial charge in [0.1, 0.15) is 0 Å². The SMILES string of the molecule is CC1(C)c2ccccc2-c2ccc(N(c3ccccc3)c3cc(-c4ccc5c6ccccc6n(-c6ccccc6)c5c4)ccc3-c3cccc(-c4ccccc4)c3)cc21. The standard InChI is InChI=1S/C57H42N2/c1-57(2)52-27-14-12-25-48(52)49-34-31-46(38-53(49)57)58(44-21-8-4-9-22-44)55-36-41(29-32-47(55)43-20-16-19-40(35-43)39-17-6-3-7-18-39)42-30-33-51-50-26-13-15-28-54(50)59(56(51)37-42)45-23-10-5-11-24-45/h3-38H,1-2H3. The first-order valence-corrected chi connectivity index (χ1v) is 20.5. The van der Waals surface area contributed by atoms with Gasteiger partial charge in [-0.05, 0) is 111 Å². The van der Waals surface area contributed by atoms with E-state index in [9.17, 15) is 0 Å². The highest BCUT2D eigenvalue weighted by atomic mass is 15.1. The van der Waals surface area contributed by atoms with Crippen LogP contribution in [0.4, 0.5) is 17.1 Å². The Labute approximate surface area is 345 Å². The Morgan fingerprint density at radius 1 is 0.356 bits per heavy atom. The number of hydrogen-bond acceptors (Lipinski definition) is 1. The molecular formula is C57H42N2. The summed E-state index contributed by atoms with van der Waals surface area (Å²) in [5.74, 6) is 0. The van der Waals surface area contributed by atoms with Crippen molar-refractivity contribution in [3.05, 3.63) is 230 Å². The van der Waals surface area contributed by atoms with Crippen LogP contribution in [0.1, 0.15) is 25.0 Å². The summed E-state index contributed by atoms with van der Waals surface area (Å²) in [6, 6.07) is 80.0. The molecule has 0 amide bonds. The minimum absolute atomic E-state index is 0.133. The van der Waals surface area contributed by atoms with Crippen molar-refractivity contribution >= 4 is 38.9 Å². The zero-order valence-corrected chi connectivity index (χ0v) is 33.2. The smallest absolute Gasteiger partial charge is 0.0547 e. The maximum atomic E-state index is 2.47. The van der Waals surface area contributed by atoms with E-state index in [0.717, 1.165) is 33.9 Å². The second-order valence-electron chi connectivity index (χ2n) is 16.2. The van der Waals surface area contributed by atoms with Crippen LogP contribution < -0.4 is 4.90 Å². The number of hydrogen-bond donors (Lipinski definition) is 0. The van der Waals surface area contributed by atoms with Gasteiger partial charge in [0.15, 0.2) is 0 Å².